The number of aromatic nitrogens is 1. The summed E-state index contributed by atoms with van der Waals surface area (Å²) < 4.78 is 40.4. The molecule has 130 valence electrons. The van der Waals surface area contributed by atoms with Gasteiger partial charge >= 0.3 is 6.36 Å². The Morgan fingerprint density at radius 1 is 1.25 bits per heavy atom. The van der Waals surface area contributed by atoms with Gasteiger partial charge in [-0.2, -0.15) is 0 Å². The molecule has 1 aromatic heterocycles. The van der Waals surface area contributed by atoms with Gasteiger partial charge in [0.25, 0.3) is 0 Å². The van der Waals surface area contributed by atoms with Gasteiger partial charge in [0.2, 0.25) is 0 Å². The predicted octanol–water partition coefficient (Wildman–Crippen LogP) is 4.19. The lowest BCUT2D eigenvalue weighted by molar-refractivity contribution is -0.274. The molecule has 4 nitrogen and oxygen atoms in total. The third-order valence-electron chi connectivity index (χ3n) is 3.99. The molecule has 1 N–H and O–H groups in total. The Morgan fingerprint density at radius 3 is 2.67 bits per heavy atom. The molecule has 0 radical (unpaired) electrons. The molecule has 1 saturated heterocycles. The number of ether oxygens (including phenoxy) is 1. The summed E-state index contributed by atoms with van der Waals surface area (Å²) >= 11 is 1.51. The van der Waals surface area contributed by atoms with Gasteiger partial charge < -0.3 is 9.84 Å². The number of piperidine rings is 1. The van der Waals surface area contributed by atoms with Crippen LogP contribution in [0.25, 0.3) is 11.3 Å². The lowest BCUT2D eigenvalue weighted by Crippen LogP contribution is -2.33. The van der Waals surface area contributed by atoms with Crippen LogP contribution in [0.3, 0.4) is 0 Å². The first kappa shape index (κ1) is 17.2. The number of aliphatic hydroxyl groups is 1. The molecule has 1 aliphatic heterocycles. The topological polar surface area (TPSA) is 45.6 Å². The van der Waals surface area contributed by atoms with Crippen LogP contribution in [0.1, 0.15) is 30.3 Å². The van der Waals surface area contributed by atoms with Crippen LogP contribution >= 0.6 is 11.3 Å². The molecule has 1 aliphatic rings. The Labute approximate surface area is 141 Å². The highest BCUT2D eigenvalue weighted by Gasteiger charge is 2.31. The first-order valence-corrected chi connectivity index (χ1v) is 8.51. The van der Waals surface area contributed by atoms with Gasteiger partial charge in [0.1, 0.15) is 10.8 Å². The van der Waals surface area contributed by atoms with E-state index in [-0.39, 0.29) is 18.5 Å². The van der Waals surface area contributed by atoms with E-state index in [2.05, 4.69) is 9.72 Å². The Balaban J connectivity index is 1.75. The van der Waals surface area contributed by atoms with Crippen LogP contribution in [-0.4, -0.2) is 34.6 Å². The summed E-state index contributed by atoms with van der Waals surface area (Å²) in [5.74, 6) is -0.250. The first-order chi connectivity index (χ1) is 11.5. The number of hydrogen-bond donors (Lipinski definition) is 1. The lowest BCUT2D eigenvalue weighted by atomic mass is 10.0. The van der Waals surface area contributed by atoms with Crippen LogP contribution in [0.15, 0.2) is 29.6 Å². The van der Waals surface area contributed by atoms with E-state index in [0.717, 1.165) is 42.1 Å². The zero-order valence-electron chi connectivity index (χ0n) is 12.8. The smallest absolute Gasteiger partial charge is 0.406 e. The average molecular weight is 358 g/mol. The van der Waals surface area contributed by atoms with Gasteiger partial charge in [-0.1, -0.05) is 6.42 Å². The van der Waals surface area contributed by atoms with E-state index in [1.807, 2.05) is 10.3 Å². The molecule has 0 spiro atoms. The molecule has 0 aliphatic carbocycles. The minimum absolute atomic E-state index is 0.00303. The van der Waals surface area contributed by atoms with E-state index in [9.17, 15) is 18.3 Å². The van der Waals surface area contributed by atoms with Crippen LogP contribution in [0.4, 0.5) is 13.2 Å². The van der Waals surface area contributed by atoms with Gasteiger partial charge in [0, 0.05) is 17.5 Å². The molecule has 3 rings (SSSR count). The molecule has 0 amide bonds. The Bertz CT molecular complexity index is 673. The van der Waals surface area contributed by atoms with Crippen molar-refractivity contribution in [2.75, 3.05) is 13.3 Å². The SMILES string of the molecule is OCN1CCCC[C@@H]1c1nc(-c2ccc(OC(F)(F)F)cc2)cs1. The standard InChI is InChI=1S/C16H17F3N2O2S/c17-16(18,19)23-12-6-4-11(5-7-12)13-9-24-15(20-13)14-3-1-2-8-21(14)10-22/h4-7,9,14,22H,1-3,8,10H2/t14-/m1/s1. The highest BCUT2D eigenvalue weighted by Crippen LogP contribution is 2.34. The van der Waals surface area contributed by atoms with Gasteiger partial charge in [-0.05, 0) is 37.1 Å². The zero-order valence-corrected chi connectivity index (χ0v) is 13.6. The van der Waals surface area contributed by atoms with Crippen molar-refractivity contribution in [2.45, 2.75) is 31.7 Å². The van der Waals surface area contributed by atoms with E-state index >= 15 is 0 Å². The van der Waals surface area contributed by atoms with Crippen LogP contribution in [0.2, 0.25) is 0 Å². The quantitative estimate of drug-likeness (QED) is 0.890. The Morgan fingerprint density at radius 2 is 2.00 bits per heavy atom. The molecular formula is C16H17F3N2O2S. The van der Waals surface area contributed by atoms with Gasteiger partial charge in [-0.3, -0.25) is 4.90 Å². The summed E-state index contributed by atoms with van der Waals surface area (Å²) in [6.45, 7) is 0.850. The second-order valence-corrected chi connectivity index (χ2v) is 6.50. The fourth-order valence-corrected chi connectivity index (χ4v) is 3.84. The largest absolute Gasteiger partial charge is 0.573 e. The number of benzene rings is 1. The number of likely N-dealkylation sites (tertiary alicyclic amines) is 1. The van der Waals surface area contributed by atoms with Crippen molar-refractivity contribution in [3.05, 3.63) is 34.7 Å². The molecule has 24 heavy (non-hydrogen) atoms. The van der Waals surface area contributed by atoms with Gasteiger partial charge in [0.15, 0.2) is 0 Å². The molecule has 1 aromatic carbocycles. The summed E-state index contributed by atoms with van der Waals surface area (Å²) in [7, 11) is 0. The van der Waals surface area contributed by atoms with Crippen LogP contribution in [0.5, 0.6) is 5.75 Å². The van der Waals surface area contributed by atoms with Crippen molar-refractivity contribution in [3.8, 4) is 17.0 Å². The monoisotopic (exact) mass is 358 g/mol. The summed E-state index contributed by atoms with van der Waals surface area (Å²) in [5.41, 5.74) is 1.45. The van der Waals surface area contributed by atoms with Gasteiger partial charge in [0.05, 0.1) is 18.5 Å². The fourth-order valence-electron chi connectivity index (χ4n) is 2.84. The minimum atomic E-state index is -4.69. The number of alkyl halides is 3. The second-order valence-electron chi connectivity index (χ2n) is 5.61. The zero-order chi connectivity index (χ0) is 17.2. The van der Waals surface area contributed by atoms with Crippen LogP contribution in [-0.2, 0) is 0 Å². The maximum atomic E-state index is 12.2. The van der Waals surface area contributed by atoms with Crippen LogP contribution < -0.4 is 4.74 Å². The van der Waals surface area contributed by atoms with E-state index in [4.69, 9.17) is 0 Å². The van der Waals surface area contributed by atoms with Crippen molar-refractivity contribution in [1.82, 2.24) is 9.88 Å². The van der Waals surface area contributed by atoms with E-state index in [1.165, 1.54) is 23.5 Å². The van der Waals surface area contributed by atoms with E-state index in [0.29, 0.717) is 0 Å². The first-order valence-electron chi connectivity index (χ1n) is 7.63. The molecule has 0 bridgehead atoms. The highest BCUT2D eigenvalue weighted by molar-refractivity contribution is 7.10. The molecule has 2 aromatic rings. The summed E-state index contributed by atoms with van der Waals surface area (Å²) in [5, 5.41) is 12.3. The lowest BCUT2D eigenvalue weighted by Gasteiger charge is -2.32. The third kappa shape index (κ3) is 4.06. The Hall–Kier alpha value is -1.64. The number of aliphatic hydroxyl groups excluding tert-OH is 1. The van der Waals surface area contributed by atoms with Crippen molar-refractivity contribution in [2.24, 2.45) is 0 Å². The molecule has 0 saturated carbocycles. The van der Waals surface area contributed by atoms with Crippen molar-refractivity contribution < 1.29 is 23.0 Å². The van der Waals surface area contributed by atoms with Crippen LogP contribution in [0, 0.1) is 0 Å². The number of thiazole rings is 1. The van der Waals surface area contributed by atoms with E-state index < -0.39 is 6.36 Å². The number of nitrogens with zero attached hydrogens (tertiary/aromatic N) is 2. The fraction of sp³-hybridized carbons (Fsp3) is 0.438. The molecule has 8 heteroatoms. The number of hydrogen-bond acceptors (Lipinski definition) is 5. The van der Waals surface area contributed by atoms with Gasteiger partial charge in [-0.15, -0.1) is 24.5 Å². The van der Waals surface area contributed by atoms with Gasteiger partial charge in [-0.25, -0.2) is 4.98 Å². The number of rotatable bonds is 4. The molecule has 1 atom stereocenters. The summed E-state index contributed by atoms with van der Waals surface area (Å²) in [6.07, 6.45) is -1.58. The Kier molecular flexibility index (Phi) is 5.07. The average Bonchev–Trinajstić information content (AvgIpc) is 3.04. The third-order valence-corrected chi connectivity index (χ3v) is 4.93. The minimum Gasteiger partial charge on any atom is -0.406 e. The molecule has 1 fully saturated rings. The summed E-state index contributed by atoms with van der Waals surface area (Å²) in [4.78, 5) is 6.60. The van der Waals surface area contributed by atoms with Crippen molar-refractivity contribution in [3.63, 3.8) is 0 Å². The van der Waals surface area contributed by atoms with Crippen molar-refractivity contribution >= 4 is 11.3 Å². The molecule has 2 heterocycles. The van der Waals surface area contributed by atoms with Crippen molar-refractivity contribution in [1.29, 1.82) is 0 Å². The second kappa shape index (κ2) is 7.08. The number of halogens is 3. The molecule has 0 unspecified atom stereocenters. The maximum absolute atomic E-state index is 12.2. The normalized spacial score (nSPS) is 19.4. The van der Waals surface area contributed by atoms with E-state index in [1.54, 1.807) is 12.1 Å². The summed E-state index contributed by atoms with van der Waals surface area (Å²) in [6, 6.07) is 5.79. The maximum Gasteiger partial charge on any atom is 0.573 e. The highest BCUT2D eigenvalue weighted by atomic mass is 32.1. The predicted molar refractivity (Wildman–Crippen MR) is 84.6 cm³/mol. The molecular weight excluding hydrogens is 341 g/mol.